The van der Waals surface area contributed by atoms with Crippen molar-refractivity contribution in [1.29, 1.82) is 0 Å². The van der Waals surface area contributed by atoms with Gasteiger partial charge in [-0.2, -0.15) is 0 Å². The molecule has 0 amide bonds. The van der Waals surface area contributed by atoms with Gasteiger partial charge in [0.15, 0.2) is 10.9 Å². The summed E-state index contributed by atoms with van der Waals surface area (Å²) in [6, 6.07) is 1.54. The number of ether oxygens (including phenoxy) is 1. The number of rotatable bonds is 3. The molecule has 80 valence electrons. The van der Waals surface area contributed by atoms with Gasteiger partial charge in [0.2, 0.25) is 0 Å². The molecule has 0 aromatic carbocycles. The lowest BCUT2D eigenvalue weighted by molar-refractivity contribution is -0.137. The molecule has 1 N–H and O–H groups in total. The maximum atomic E-state index is 11.0. The fraction of sp³-hybridized carbons (Fsp3) is 0.200. The molecule has 5 heteroatoms. The fourth-order valence-electron chi connectivity index (χ4n) is 0.925. The minimum atomic E-state index is -0.468. The molecule has 0 atom stereocenters. The van der Waals surface area contributed by atoms with Crippen molar-refractivity contribution in [1.82, 2.24) is 4.98 Å². The average molecular weight is 228 g/mol. The summed E-state index contributed by atoms with van der Waals surface area (Å²) in [6.45, 7) is 2.03. The topological polar surface area (TPSA) is 59.4 Å². The van der Waals surface area contributed by atoms with E-state index in [-0.39, 0.29) is 10.9 Å². The molecule has 0 aliphatic rings. The van der Waals surface area contributed by atoms with Gasteiger partial charge < -0.3 is 9.84 Å². The number of aromatic nitrogens is 1. The minimum Gasteiger partial charge on any atom is -0.504 e. The first kappa shape index (κ1) is 11.5. The zero-order chi connectivity index (χ0) is 11.3. The van der Waals surface area contributed by atoms with Crippen molar-refractivity contribution in [3.05, 3.63) is 29.1 Å². The first-order chi connectivity index (χ1) is 7.15. The van der Waals surface area contributed by atoms with E-state index in [2.05, 4.69) is 9.72 Å². The third-order valence-corrected chi connectivity index (χ3v) is 1.87. The number of pyridine rings is 1. The minimum absolute atomic E-state index is 0.000934. The third kappa shape index (κ3) is 3.25. The number of esters is 1. The molecule has 15 heavy (non-hydrogen) atoms. The van der Waals surface area contributed by atoms with E-state index in [1.54, 1.807) is 6.92 Å². The molecular weight excluding hydrogens is 218 g/mol. The number of hydrogen-bond acceptors (Lipinski definition) is 4. The largest absolute Gasteiger partial charge is 0.504 e. The number of carbonyl (C=O) groups excluding carboxylic acids is 1. The molecular formula is C10H10ClNO3. The molecule has 0 aliphatic carbocycles. The Bertz CT molecular complexity index is 390. The molecule has 0 unspecified atom stereocenters. The molecule has 0 aliphatic heterocycles. The second-order valence-electron chi connectivity index (χ2n) is 2.62. The number of hydrogen-bond donors (Lipinski definition) is 1. The summed E-state index contributed by atoms with van der Waals surface area (Å²) < 4.78 is 4.68. The quantitative estimate of drug-likeness (QED) is 0.488. The first-order valence-electron chi connectivity index (χ1n) is 4.33. The lowest BCUT2D eigenvalue weighted by Crippen LogP contribution is -1.98. The summed E-state index contributed by atoms with van der Waals surface area (Å²) in [7, 11) is 0. The Kier molecular flexibility index (Phi) is 4.12. The lowest BCUT2D eigenvalue weighted by Gasteiger charge is -1.99. The van der Waals surface area contributed by atoms with Crippen molar-refractivity contribution in [3.8, 4) is 5.75 Å². The highest BCUT2D eigenvalue weighted by Gasteiger charge is 2.03. The van der Waals surface area contributed by atoms with Gasteiger partial charge in [0.1, 0.15) is 0 Å². The number of nitrogens with zero attached hydrogens (tertiary/aromatic N) is 1. The van der Waals surface area contributed by atoms with Crippen LogP contribution >= 0.6 is 11.6 Å². The normalized spacial score (nSPS) is 10.5. The van der Waals surface area contributed by atoms with E-state index in [0.717, 1.165) is 0 Å². The molecule has 0 saturated carbocycles. The summed E-state index contributed by atoms with van der Waals surface area (Å²) in [5.41, 5.74) is 0.419. The molecule has 0 saturated heterocycles. The monoisotopic (exact) mass is 227 g/mol. The Morgan fingerprint density at radius 1 is 1.73 bits per heavy atom. The Balaban J connectivity index is 2.81. The Labute approximate surface area is 92.2 Å². The van der Waals surface area contributed by atoms with Crippen LogP contribution in [0.5, 0.6) is 5.75 Å². The van der Waals surface area contributed by atoms with E-state index >= 15 is 0 Å². The summed E-state index contributed by atoms with van der Waals surface area (Å²) in [4.78, 5) is 14.6. The van der Waals surface area contributed by atoms with E-state index < -0.39 is 5.97 Å². The first-order valence-corrected chi connectivity index (χ1v) is 4.71. The van der Waals surface area contributed by atoms with Gasteiger partial charge in [-0.15, -0.1) is 0 Å². The van der Waals surface area contributed by atoms with Gasteiger partial charge in [0.25, 0.3) is 0 Å². The number of carbonyl (C=O) groups is 1. The highest BCUT2D eigenvalue weighted by Crippen LogP contribution is 2.25. The number of halogens is 1. The second-order valence-corrected chi connectivity index (χ2v) is 2.98. The van der Waals surface area contributed by atoms with Crippen LogP contribution in [0.15, 0.2) is 18.3 Å². The summed E-state index contributed by atoms with van der Waals surface area (Å²) in [5.74, 6) is -0.621. The molecule has 1 aromatic rings. The highest BCUT2D eigenvalue weighted by molar-refractivity contribution is 6.31. The molecule has 1 aromatic heterocycles. The van der Waals surface area contributed by atoms with Gasteiger partial charge in [-0.25, -0.2) is 9.78 Å². The van der Waals surface area contributed by atoms with Crippen LogP contribution in [0.2, 0.25) is 5.15 Å². The Morgan fingerprint density at radius 2 is 2.47 bits per heavy atom. The lowest BCUT2D eigenvalue weighted by atomic mass is 10.2. The molecule has 0 bridgehead atoms. The second kappa shape index (κ2) is 5.36. The van der Waals surface area contributed by atoms with Gasteiger partial charge in [-0.1, -0.05) is 11.6 Å². The van der Waals surface area contributed by atoms with Gasteiger partial charge in [0, 0.05) is 17.8 Å². The molecule has 0 radical (unpaired) electrons. The van der Waals surface area contributed by atoms with Gasteiger partial charge in [0.05, 0.1) is 6.61 Å². The predicted octanol–water partition coefficient (Wildman–Crippen LogP) is 2.02. The van der Waals surface area contributed by atoms with Crippen molar-refractivity contribution in [3.63, 3.8) is 0 Å². The summed E-state index contributed by atoms with van der Waals surface area (Å²) in [6.07, 6.45) is 4.07. The fourth-order valence-corrected chi connectivity index (χ4v) is 1.09. The van der Waals surface area contributed by atoms with Crippen LogP contribution in [0.3, 0.4) is 0 Å². The Hall–Kier alpha value is -1.55. The number of aromatic hydroxyl groups is 1. The summed E-state index contributed by atoms with van der Waals surface area (Å²) in [5, 5.41) is 9.44. The van der Waals surface area contributed by atoms with Crippen LogP contribution in [-0.2, 0) is 9.53 Å². The van der Waals surface area contributed by atoms with E-state index in [9.17, 15) is 9.90 Å². The van der Waals surface area contributed by atoms with Crippen LogP contribution in [-0.4, -0.2) is 22.7 Å². The van der Waals surface area contributed by atoms with E-state index in [1.165, 1.54) is 24.4 Å². The van der Waals surface area contributed by atoms with Crippen molar-refractivity contribution in [2.24, 2.45) is 0 Å². The molecule has 4 nitrogen and oxygen atoms in total. The SMILES string of the molecule is CCOC(=O)/C=C\c1ccnc(Cl)c1O. The molecule has 1 heterocycles. The zero-order valence-electron chi connectivity index (χ0n) is 8.11. The van der Waals surface area contributed by atoms with Crippen LogP contribution in [0, 0.1) is 0 Å². The Morgan fingerprint density at radius 3 is 3.13 bits per heavy atom. The van der Waals surface area contributed by atoms with E-state index in [4.69, 9.17) is 11.6 Å². The van der Waals surface area contributed by atoms with E-state index in [0.29, 0.717) is 12.2 Å². The van der Waals surface area contributed by atoms with Crippen molar-refractivity contribution in [2.45, 2.75) is 6.92 Å². The maximum Gasteiger partial charge on any atom is 0.330 e. The zero-order valence-corrected chi connectivity index (χ0v) is 8.86. The van der Waals surface area contributed by atoms with Crippen molar-refractivity contribution >= 4 is 23.6 Å². The standard InChI is InChI=1S/C10H10ClNO3/c1-2-15-8(13)4-3-7-5-6-12-10(11)9(7)14/h3-6,14H,2H2,1H3/b4-3-. The molecule has 0 fully saturated rings. The smallest absolute Gasteiger partial charge is 0.330 e. The van der Waals surface area contributed by atoms with Gasteiger partial charge in [-0.05, 0) is 19.1 Å². The van der Waals surface area contributed by atoms with Crippen LogP contribution in [0.25, 0.3) is 6.08 Å². The van der Waals surface area contributed by atoms with Gasteiger partial charge in [-0.3, -0.25) is 0 Å². The average Bonchev–Trinajstić information content (AvgIpc) is 2.21. The third-order valence-electron chi connectivity index (χ3n) is 1.60. The van der Waals surface area contributed by atoms with Crippen LogP contribution < -0.4 is 0 Å². The van der Waals surface area contributed by atoms with E-state index in [1.807, 2.05) is 0 Å². The van der Waals surface area contributed by atoms with Crippen LogP contribution in [0.1, 0.15) is 12.5 Å². The van der Waals surface area contributed by atoms with Crippen LogP contribution in [0.4, 0.5) is 0 Å². The summed E-state index contributed by atoms with van der Waals surface area (Å²) >= 11 is 5.58. The van der Waals surface area contributed by atoms with Crippen molar-refractivity contribution in [2.75, 3.05) is 6.61 Å². The maximum absolute atomic E-state index is 11.0. The predicted molar refractivity (Wildman–Crippen MR) is 56.6 cm³/mol. The van der Waals surface area contributed by atoms with Crippen molar-refractivity contribution < 1.29 is 14.6 Å². The molecule has 1 rings (SSSR count). The van der Waals surface area contributed by atoms with Gasteiger partial charge >= 0.3 is 5.97 Å². The highest BCUT2D eigenvalue weighted by atomic mass is 35.5. The molecule has 0 spiro atoms.